The van der Waals surface area contributed by atoms with Crippen LogP contribution in [0.4, 0.5) is 0 Å². The van der Waals surface area contributed by atoms with Gasteiger partial charge in [-0.3, -0.25) is 9.59 Å². The second-order valence-corrected chi connectivity index (χ2v) is 16.2. The molecule has 1 amide bonds. The molecular weight excluding hydrogens is 743 g/mol. The molecule has 6 heteroatoms. The minimum Gasteiger partial charge on any atom is -0.462 e. The Morgan fingerprint density at radius 2 is 1.00 bits per heavy atom. The molecule has 0 radical (unpaired) electrons. The lowest BCUT2D eigenvalue weighted by Gasteiger charge is -2.24. The van der Waals surface area contributed by atoms with Gasteiger partial charge in [-0.25, -0.2) is 0 Å². The number of hydrogen-bond acceptors (Lipinski definition) is 5. The Morgan fingerprint density at radius 3 is 1.58 bits per heavy atom. The van der Waals surface area contributed by atoms with Crippen molar-refractivity contribution >= 4 is 11.9 Å². The quantitative estimate of drug-likeness (QED) is 0.0246. The first-order chi connectivity index (χ1) is 29.5. The first-order valence-electron chi connectivity index (χ1n) is 24.5. The van der Waals surface area contributed by atoms with Gasteiger partial charge in [-0.15, -0.1) is 0 Å². The highest BCUT2D eigenvalue weighted by Crippen LogP contribution is 2.16. The van der Waals surface area contributed by atoms with Crippen LogP contribution in [0.3, 0.4) is 0 Å². The molecule has 60 heavy (non-hydrogen) atoms. The fourth-order valence-electron chi connectivity index (χ4n) is 6.88. The number of carbonyl (C=O) groups excluding carboxylic acids is 2. The van der Waals surface area contributed by atoms with Crippen LogP contribution in [0.5, 0.6) is 0 Å². The lowest BCUT2D eigenvalue weighted by atomic mass is 10.0. The zero-order valence-corrected chi connectivity index (χ0v) is 38.8. The van der Waals surface area contributed by atoms with Crippen molar-refractivity contribution in [3.63, 3.8) is 0 Å². The van der Waals surface area contributed by atoms with E-state index in [4.69, 9.17) is 4.74 Å². The van der Waals surface area contributed by atoms with Gasteiger partial charge in [0.15, 0.2) is 0 Å². The number of ether oxygens (including phenoxy) is 1. The van der Waals surface area contributed by atoms with Gasteiger partial charge in [0.25, 0.3) is 0 Å². The van der Waals surface area contributed by atoms with Gasteiger partial charge in [0.05, 0.1) is 25.2 Å². The molecule has 6 nitrogen and oxygen atoms in total. The average molecular weight is 834 g/mol. The number of unbranched alkanes of at least 4 members (excludes halogenated alkanes) is 18. The first kappa shape index (κ1) is 56.8. The Balaban J connectivity index is 4.72. The third kappa shape index (κ3) is 41.5. The highest BCUT2D eigenvalue weighted by Gasteiger charge is 2.24. The molecule has 0 bridgehead atoms. The fraction of sp³-hybridized carbons (Fsp3) is 0.667. The van der Waals surface area contributed by atoms with Crippen LogP contribution in [0.1, 0.15) is 207 Å². The predicted octanol–water partition coefficient (Wildman–Crippen LogP) is 14.6. The van der Waals surface area contributed by atoms with E-state index in [1.165, 1.54) is 77.0 Å². The molecule has 3 N–H and O–H groups in total. The summed E-state index contributed by atoms with van der Waals surface area (Å²) in [6.07, 6.45) is 61.8. The number of hydrogen-bond donors (Lipinski definition) is 3. The van der Waals surface area contributed by atoms with Gasteiger partial charge in [0.2, 0.25) is 5.91 Å². The summed E-state index contributed by atoms with van der Waals surface area (Å²) < 4.78 is 5.88. The van der Waals surface area contributed by atoms with E-state index in [0.717, 1.165) is 83.5 Å². The van der Waals surface area contributed by atoms with Gasteiger partial charge >= 0.3 is 5.97 Å². The topological polar surface area (TPSA) is 95.9 Å². The van der Waals surface area contributed by atoms with Crippen LogP contribution in [0.25, 0.3) is 0 Å². The van der Waals surface area contributed by atoms with E-state index < -0.39 is 18.2 Å². The number of rotatable bonds is 42. The Kier molecular flexibility index (Phi) is 44.3. The van der Waals surface area contributed by atoms with Crippen molar-refractivity contribution in [2.75, 3.05) is 6.61 Å². The Hall–Kier alpha value is -3.22. The van der Waals surface area contributed by atoms with Crippen molar-refractivity contribution in [3.8, 4) is 0 Å². The Labute approximate surface area is 369 Å². The Morgan fingerprint density at radius 1 is 0.517 bits per heavy atom. The van der Waals surface area contributed by atoms with Crippen molar-refractivity contribution in [2.24, 2.45) is 0 Å². The summed E-state index contributed by atoms with van der Waals surface area (Å²) in [4.78, 5) is 26.1. The number of nitrogens with one attached hydrogen (secondary N) is 1. The van der Waals surface area contributed by atoms with Crippen LogP contribution in [0.15, 0.2) is 97.2 Å². The highest BCUT2D eigenvalue weighted by molar-refractivity contribution is 5.77. The van der Waals surface area contributed by atoms with E-state index in [-0.39, 0.29) is 24.9 Å². The monoisotopic (exact) mass is 834 g/mol. The van der Waals surface area contributed by atoms with Crippen molar-refractivity contribution in [1.82, 2.24) is 5.32 Å². The van der Waals surface area contributed by atoms with E-state index in [2.05, 4.69) is 74.7 Å². The maximum absolute atomic E-state index is 13.2. The summed E-state index contributed by atoms with van der Waals surface area (Å²) in [5.41, 5.74) is 0. The van der Waals surface area contributed by atoms with Crippen LogP contribution in [0.2, 0.25) is 0 Å². The molecule has 3 unspecified atom stereocenters. The number of carbonyl (C=O) groups is 2. The molecule has 0 fully saturated rings. The number of aliphatic hydroxyl groups is 2. The van der Waals surface area contributed by atoms with Gasteiger partial charge < -0.3 is 20.3 Å². The van der Waals surface area contributed by atoms with Crippen molar-refractivity contribution < 1.29 is 24.5 Å². The van der Waals surface area contributed by atoms with Crippen molar-refractivity contribution in [2.45, 2.75) is 225 Å². The number of amides is 1. The van der Waals surface area contributed by atoms with Crippen LogP contribution in [0, 0.1) is 0 Å². The third-order valence-electron chi connectivity index (χ3n) is 10.5. The number of allylic oxidation sites excluding steroid dienone is 16. The third-order valence-corrected chi connectivity index (χ3v) is 10.5. The number of aliphatic hydroxyl groups excluding tert-OH is 2. The maximum atomic E-state index is 13.2. The zero-order chi connectivity index (χ0) is 43.8. The average Bonchev–Trinajstić information content (AvgIpc) is 3.24. The van der Waals surface area contributed by atoms with E-state index >= 15 is 0 Å². The largest absolute Gasteiger partial charge is 0.462 e. The summed E-state index contributed by atoms with van der Waals surface area (Å²) in [6, 6.07) is -0.732. The smallest absolute Gasteiger partial charge is 0.306 e. The minimum absolute atomic E-state index is 0.0178. The van der Waals surface area contributed by atoms with Crippen LogP contribution >= 0.6 is 0 Å². The van der Waals surface area contributed by atoms with Gasteiger partial charge in [-0.1, -0.05) is 221 Å². The second-order valence-electron chi connectivity index (χ2n) is 16.2. The van der Waals surface area contributed by atoms with Crippen LogP contribution < -0.4 is 5.32 Å². The van der Waals surface area contributed by atoms with E-state index in [1.54, 1.807) is 0 Å². The molecule has 0 aromatic rings. The standard InChI is InChI=1S/C54H91NO5/c1-4-7-10-13-16-19-22-25-26-27-29-32-35-38-41-44-47-54(59)60-50(45-42-39-36-33-30-28-23-20-17-14-11-8-5-2)48-53(58)55-51(49-56)52(57)46-43-40-37-34-31-24-21-18-15-12-9-6-3/h7-8,10-11,14,16-17,19-20,23,25-26,28,30,33,36,50-52,56-57H,4-6,9,12-13,15,18,21-22,24,27,29,31-32,34-35,37-49H2,1-3H3,(H,55,58)/b10-7+,11-8+,17-14+,19-16+,23-20-,26-25+,30-28-,36-33+. The van der Waals surface area contributed by atoms with Gasteiger partial charge in [0, 0.05) is 6.42 Å². The summed E-state index contributed by atoms with van der Waals surface area (Å²) in [6.45, 7) is 6.19. The van der Waals surface area contributed by atoms with Crippen LogP contribution in [-0.2, 0) is 14.3 Å². The fourth-order valence-corrected chi connectivity index (χ4v) is 6.88. The molecule has 0 saturated carbocycles. The second kappa shape index (κ2) is 46.8. The van der Waals surface area contributed by atoms with Gasteiger partial charge in [0.1, 0.15) is 6.10 Å². The summed E-state index contributed by atoms with van der Waals surface area (Å²) in [7, 11) is 0. The molecule has 0 rings (SSSR count). The van der Waals surface area contributed by atoms with Gasteiger partial charge in [-0.05, 0) is 70.6 Å². The lowest BCUT2D eigenvalue weighted by Crippen LogP contribution is -2.46. The summed E-state index contributed by atoms with van der Waals surface area (Å²) in [5, 5.41) is 23.7. The molecular formula is C54H91NO5. The lowest BCUT2D eigenvalue weighted by molar-refractivity contribution is -0.151. The van der Waals surface area contributed by atoms with E-state index in [1.807, 2.05) is 48.6 Å². The van der Waals surface area contributed by atoms with Gasteiger partial charge in [-0.2, -0.15) is 0 Å². The van der Waals surface area contributed by atoms with E-state index in [0.29, 0.717) is 19.3 Å². The normalized spacial score (nSPS) is 14.2. The molecule has 0 aromatic heterocycles. The molecule has 342 valence electrons. The first-order valence-corrected chi connectivity index (χ1v) is 24.5. The van der Waals surface area contributed by atoms with Crippen molar-refractivity contribution in [1.29, 1.82) is 0 Å². The highest BCUT2D eigenvalue weighted by atomic mass is 16.5. The minimum atomic E-state index is -0.813. The summed E-state index contributed by atoms with van der Waals surface area (Å²) in [5.74, 6) is -0.570. The molecule has 0 spiro atoms. The van der Waals surface area contributed by atoms with Crippen LogP contribution in [-0.4, -0.2) is 46.9 Å². The molecule has 0 aliphatic carbocycles. The Bertz CT molecular complexity index is 1210. The molecule has 0 aliphatic rings. The molecule has 3 atom stereocenters. The molecule has 0 heterocycles. The van der Waals surface area contributed by atoms with Crippen molar-refractivity contribution in [3.05, 3.63) is 97.2 Å². The summed E-state index contributed by atoms with van der Waals surface area (Å²) >= 11 is 0. The SMILES string of the molecule is CC/C=C/C=C/C=C\C=C/C=C/CCCC(CC(=O)NC(CO)C(O)CCCCCCCCCCCCCC)OC(=O)CCCCCCCC/C=C/C/C=C/C/C=C/CC. The zero-order valence-electron chi connectivity index (χ0n) is 38.8. The predicted molar refractivity (Wildman–Crippen MR) is 259 cm³/mol. The molecule has 0 aliphatic heterocycles. The molecule has 0 aromatic carbocycles. The number of esters is 1. The molecule has 0 saturated heterocycles. The maximum Gasteiger partial charge on any atom is 0.306 e. The van der Waals surface area contributed by atoms with E-state index in [9.17, 15) is 19.8 Å².